The van der Waals surface area contributed by atoms with Gasteiger partial charge in [0.2, 0.25) is 0 Å². The van der Waals surface area contributed by atoms with Crippen LogP contribution in [-0.2, 0) is 0 Å². The molecular formula is C44H29NO. The molecular weight excluding hydrogens is 558 g/mol. The highest BCUT2D eigenvalue weighted by atomic mass is 16.5. The summed E-state index contributed by atoms with van der Waals surface area (Å²) in [6.45, 7) is 0. The molecule has 0 fully saturated rings. The van der Waals surface area contributed by atoms with Crippen molar-refractivity contribution < 1.29 is 4.74 Å². The van der Waals surface area contributed by atoms with E-state index >= 15 is 0 Å². The summed E-state index contributed by atoms with van der Waals surface area (Å²) in [7, 11) is 0. The largest absolute Gasteiger partial charge is 0.455 e. The third-order valence-corrected chi connectivity index (χ3v) is 9.04. The van der Waals surface area contributed by atoms with Gasteiger partial charge in [0.25, 0.3) is 0 Å². The van der Waals surface area contributed by atoms with Gasteiger partial charge in [0, 0.05) is 38.0 Å². The molecule has 9 rings (SSSR count). The van der Waals surface area contributed by atoms with Crippen LogP contribution in [0.25, 0.3) is 53.9 Å². The van der Waals surface area contributed by atoms with Gasteiger partial charge < -0.3 is 9.64 Å². The van der Waals surface area contributed by atoms with Gasteiger partial charge in [0.1, 0.15) is 11.5 Å². The second-order valence-electron chi connectivity index (χ2n) is 11.7. The van der Waals surface area contributed by atoms with E-state index in [0.29, 0.717) is 0 Å². The summed E-state index contributed by atoms with van der Waals surface area (Å²) in [6, 6.07) is 62.6. The first-order valence-corrected chi connectivity index (χ1v) is 15.7. The SMILES string of the molecule is c1ccc2cc(N(c3cccc4ccccc34)c3c4ccccc4c(Oc4cccc5ccccc45)c4ccccc34)ccc2c1. The van der Waals surface area contributed by atoms with Crippen molar-refractivity contribution in [3.63, 3.8) is 0 Å². The summed E-state index contributed by atoms with van der Waals surface area (Å²) in [5.74, 6) is 1.71. The molecule has 9 aromatic carbocycles. The lowest BCUT2D eigenvalue weighted by atomic mass is 9.96. The molecule has 0 N–H and O–H groups in total. The van der Waals surface area contributed by atoms with Crippen LogP contribution in [0.1, 0.15) is 0 Å². The standard InChI is InChI=1S/C44H29NO/c1-2-16-33-29-34(28-27-30(33)13-1)45(41-25-11-17-31-14-3-5-19-35(31)41)43-37-21-7-9-23-39(37)44(40-24-10-8-22-38(40)43)46-42-26-12-18-32-15-4-6-20-36(32)42/h1-29H. The first-order chi connectivity index (χ1) is 22.8. The number of hydrogen-bond acceptors (Lipinski definition) is 2. The molecule has 0 aliphatic heterocycles. The summed E-state index contributed by atoms with van der Waals surface area (Å²) in [6.07, 6.45) is 0. The first kappa shape index (κ1) is 26.3. The van der Waals surface area contributed by atoms with E-state index in [1.807, 2.05) is 0 Å². The zero-order valence-electron chi connectivity index (χ0n) is 25.1. The van der Waals surface area contributed by atoms with Crippen molar-refractivity contribution in [2.24, 2.45) is 0 Å². The van der Waals surface area contributed by atoms with E-state index in [-0.39, 0.29) is 0 Å². The quantitative estimate of drug-likeness (QED) is 0.186. The van der Waals surface area contributed by atoms with Gasteiger partial charge in [0.15, 0.2) is 0 Å². The maximum atomic E-state index is 6.97. The Morgan fingerprint density at radius 1 is 0.348 bits per heavy atom. The van der Waals surface area contributed by atoms with Gasteiger partial charge in [-0.1, -0.05) is 152 Å². The maximum absolute atomic E-state index is 6.97. The zero-order valence-corrected chi connectivity index (χ0v) is 25.1. The van der Waals surface area contributed by atoms with E-state index in [4.69, 9.17) is 4.74 Å². The summed E-state index contributed by atoms with van der Waals surface area (Å²) in [4.78, 5) is 2.45. The van der Waals surface area contributed by atoms with Crippen LogP contribution in [0, 0.1) is 0 Å². The first-order valence-electron chi connectivity index (χ1n) is 15.7. The summed E-state index contributed by atoms with van der Waals surface area (Å²) < 4.78 is 6.97. The highest BCUT2D eigenvalue weighted by Crippen LogP contribution is 2.50. The number of hydrogen-bond donors (Lipinski definition) is 0. The van der Waals surface area contributed by atoms with Crippen molar-refractivity contribution in [2.45, 2.75) is 0 Å². The molecule has 0 aliphatic carbocycles. The molecule has 2 nitrogen and oxygen atoms in total. The smallest absolute Gasteiger partial charge is 0.143 e. The Morgan fingerprint density at radius 3 is 1.54 bits per heavy atom. The second kappa shape index (κ2) is 10.8. The fourth-order valence-electron chi connectivity index (χ4n) is 6.92. The predicted octanol–water partition coefficient (Wildman–Crippen LogP) is 12.7. The lowest BCUT2D eigenvalue weighted by molar-refractivity contribution is 0.499. The minimum Gasteiger partial charge on any atom is -0.455 e. The van der Waals surface area contributed by atoms with Gasteiger partial charge in [-0.3, -0.25) is 0 Å². The lowest BCUT2D eigenvalue weighted by Crippen LogP contribution is -2.12. The Labute approximate surface area is 267 Å². The van der Waals surface area contributed by atoms with E-state index in [1.165, 1.54) is 21.5 Å². The van der Waals surface area contributed by atoms with Crippen LogP contribution in [0.2, 0.25) is 0 Å². The van der Waals surface area contributed by atoms with E-state index < -0.39 is 0 Å². The molecule has 0 bridgehead atoms. The third kappa shape index (κ3) is 4.27. The highest BCUT2D eigenvalue weighted by Gasteiger charge is 2.24. The third-order valence-electron chi connectivity index (χ3n) is 9.04. The minimum absolute atomic E-state index is 0.849. The van der Waals surface area contributed by atoms with Crippen molar-refractivity contribution in [1.29, 1.82) is 0 Å². The molecule has 216 valence electrons. The monoisotopic (exact) mass is 587 g/mol. The lowest BCUT2D eigenvalue weighted by Gasteiger charge is -2.30. The minimum atomic E-state index is 0.849. The number of nitrogens with zero attached hydrogens (tertiary/aromatic N) is 1. The van der Waals surface area contributed by atoms with Crippen molar-refractivity contribution in [3.8, 4) is 11.5 Å². The van der Waals surface area contributed by atoms with Gasteiger partial charge in [-0.05, 0) is 45.8 Å². The Hall–Kier alpha value is -6.12. The summed E-state index contributed by atoms with van der Waals surface area (Å²) in [5, 5.41) is 11.4. The van der Waals surface area contributed by atoms with Crippen molar-refractivity contribution in [3.05, 3.63) is 176 Å². The Balaban J connectivity index is 1.38. The van der Waals surface area contributed by atoms with Crippen LogP contribution in [-0.4, -0.2) is 0 Å². The molecule has 0 spiro atoms. The molecule has 2 heteroatoms. The van der Waals surface area contributed by atoms with Gasteiger partial charge in [-0.25, -0.2) is 0 Å². The fourth-order valence-corrected chi connectivity index (χ4v) is 6.92. The molecule has 0 atom stereocenters. The van der Waals surface area contributed by atoms with Crippen LogP contribution in [0.5, 0.6) is 11.5 Å². The van der Waals surface area contributed by atoms with Gasteiger partial charge in [-0.15, -0.1) is 0 Å². The molecule has 0 heterocycles. The van der Waals surface area contributed by atoms with Crippen LogP contribution < -0.4 is 9.64 Å². The molecule has 0 saturated carbocycles. The van der Waals surface area contributed by atoms with E-state index in [2.05, 4.69) is 181 Å². The van der Waals surface area contributed by atoms with Crippen LogP contribution in [0.4, 0.5) is 17.1 Å². The van der Waals surface area contributed by atoms with Crippen LogP contribution in [0.15, 0.2) is 176 Å². The van der Waals surface area contributed by atoms with Crippen molar-refractivity contribution in [1.82, 2.24) is 0 Å². The summed E-state index contributed by atoms with van der Waals surface area (Å²) in [5.41, 5.74) is 3.36. The van der Waals surface area contributed by atoms with Gasteiger partial charge >= 0.3 is 0 Å². The van der Waals surface area contributed by atoms with Gasteiger partial charge in [0.05, 0.1) is 11.4 Å². The molecule has 0 radical (unpaired) electrons. The number of anilines is 3. The average Bonchev–Trinajstić information content (AvgIpc) is 3.13. The Bertz CT molecular complexity index is 2520. The van der Waals surface area contributed by atoms with E-state index in [9.17, 15) is 0 Å². The molecule has 46 heavy (non-hydrogen) atoms. The van der Waals surface area contributed by atoms with Crippen LogP contribution >= 0.6 is 0 Å². The van der Waals surface area contributed by atoms with Crippen LogP contribution in [0.3, 0.4) is 0 Å². The molecule has 0 aromatic heterocycles. The molecule has 0 aliphatic rings. The molecule has 0 saturated heterocycles. The van der Waals surface area contributed by atoms with Gasteiger partial charge in [-0.2, -0.15) is 0 Å². The number of fused-ring (bicyclic) bond motifs is 5. The summed E-state index contributed by atoms with van der Waals surface area (Å²) >= 11 is 0. The second-order valence-corrected chi connectivity index (χ2v) is 11.7. The molecule has 0 unspecified atom stereocenters. The topological polar surface area (TPSA) is 12.5 Å². The fraction of sp³-hybridized carbons (Fsp3) is 0. The number of rotatable bonds is 5. The molecule has 0 amide bonds. The zero-order chi connectivity index (χ0) is 30.5. The Morgan fingerprint density at radius 2 is 0.848 bits per heavy atom. The highest BCUT2D eigenvalue weighted by molar-refractivity contribution is 6.19. The van der Waals surface area contributed by atoms with Crippen molar-refractivity contribution >= 4 is 70.9 Å². The van der Waals surface area contributed by atoms with Crippen molar-refractivity contribution in [2.75, 3.05) is 4.90 Å². The normalized spacial score (nSPS) is 11.5. The maximum Gasteiger partial charge on any atom is 0.143 e. The number of benzene rings is 9. The average molecular weight is 588 g/mol. The van der Waals surface area contributed by atoms with E-state index in [1.54, 1.807) is 0 Å². The van der Waals surface area contributed by atoms with E-state index in [0.717, 1.165) is 60.9 Å². The Kier molecular flexibility index (Phi) is 6.17. The predicted molar refractivity (Wildman–Crippen MR) is 195 cm³/mol. The number of ether oxygens (including phenoxy) is 1. The molecule has 9 aromatic rings.